The lowest BCUT2D eigenvalue weighted by molar-refractivity contribution is -0.141. The predicted molar refractivity (Wildman–Crippen MR) is 78.5 cm³/mol. The Hall–Kier alpha value is -1.24. The molecule has 0 atom stereocenters. The van der Waals surface area contributed by atoms with Crippen molar-refractivity contribution < 1.29 is 26.7 Å². The molecule has 2 aromatic rings. The summed E-state index contributed by atoms with van der Waals surface area (Å²) in [5.74, 6) is -1.07. The molecule has 0 aliphatic rings. The molecule has 0 aliphatic carbocycles. The van der Waals surface area contributed by atoms with E-state index in [0.29, 0.717) is 6.07 Å². The van der Waals surface area contributed by atoms with E-state index in [1.807, 2.05) is 0 Å². The summed E-state index contributed by atoms with van der Waals surface area (Å²) in [5.41, 5.74) is -1.83. The highest BCUT2D eigenvalue weighted by Crippen LogP contribution is 2.47. The predicted octanol–water partition coefficient (Wildman–Crippen LogP) is 6.93. The highest BCUT2D eigenvalue weighted by molar-refractivity contribution is 6.46. The zero-order chi connectivity index (χ0) is 17.4. The van der Waals surface area contributed by atoms with Crippen molar-refractivity contribution in [3.63, 3.8) is 0 Å². The van der Waals surface area contributed by atoms with Crippen LogP contribution < -0.4 is 4.74 Å². The first-order valence-corrected chi connectivity index (χ1v) is 7.05. The Bertz CT molecular complexity index is 731. The molecular formula is C14H6Cl3F5O. The van der Waals surface area contributed by atoms with Crippen molar-refractivity contribution in [3.8, 4) is 16.9 Å². The summed E-state index contributed by atoms with van der Waals surface area (Å²) in [6, 6.07) is 5.41. The van der Waals surface area contributed by atoms with Gasteiger partial charge in [-0.1, -0.05) is 46.9 Å². The minimum atomic E-state index is -4.90. The van der Waals surface area contributed by atoms with Gasteiger partial charge in [0.05, 0.1) is 20.6 Å². The molecule has 2 rings (SSSR count). The number of benzene rings is 2. The molecule has 0 spiro atoms. The minimum Gasteiger partial charge on any atom is -0.434 e. The summed E-state index contributed by atoms with van der Waals surface area (Å²) >= 11 is 17.7. The first kappa shape index (κ1) is 18.1. The van der Waals surface area contributed by atoms with Gasteiger partial charge in [-0.15, -0.1) is 0 Å². The van der Waals surface area contributed by atoms with E-state index in [4.69, 9.17) is 34.8 Å². The van der Waals surface area contributed by atoms with Crippen LogP contribution in [-0.4, -0.2) is 6.61 Å². The Morgan fingerprint density at radius 3 is 2.09 bits per heavy atom. The summed E-state index contributed by atoms with van der Waals surface area (Å²) in [6.07, 6.45) is -4.90. The molecule has 0 fully saturated rings. The zero-order valence-electron chi connectivity index (χ0n) is 10.9. The second-order valence-electron chi connectivity index (χ2n) is 4.28. The fourth-order valence-corrected chi connectivity index (χ4v) is 2.68. The number of hydrogen-bond acceptors (Lipinski definition) is 1. The van der Waals surface area contributed by atoms with Crippen LogP contribution in [0.15, 0.2) is 30.3 Å². The van der Waals surface area contributed by atoms with Crippen LogP contribution in [0.2, 0.25) is 15.1 Å². The lowest BCUT2D eigenvalue weighted by Gasteiger charge is -2.18. The van der Waals surface area contributed by atoms with Crippen molar-refractivity contribution in [2.75, 3.05) is 0 Å². The summed E-state index contributed by atoms with van der Waals surface area (Å²) in [7, 11) is 0. The van der Waals surface area contributed by atoms with Gasteiger partial charge in [-0.3, -0.25) is 0 Å². The topological polar surface area (TPSA) is 9.23 Å². The van der Waals surface area contributed by atoms with Gasteiger partial charge < -0.3 is 4.74 Å². The van der Waals surface area contributed by atoms with Crippen molar-refractivity contribution >= 4 is 34.8 Å². The van der Waals surface area contributed by atoms with Crippen molar-refractivity contribution in [1.82, 2.24) is 0 Å². The third-order valence-electron chi connectivity index (χ3n) is 2.84. The van der Waals surface area contributed by atoms with Gasteiger partial charge in [0.1, 0.15) is 5.75 Å². The third kappa shape index (κ3) is 3.82. The van der Waals surface area contributed by atoms with Gasteiger partial charge in [0, 0.05) is 11.1 Å². The fourth-order valence-electron chi connectivity index (χ4n) is 1.95. The van der Waals surface area contributed by atoms with Crippen molar-refractivity contribution in [1.29, 1.82) is 0 Å². The molecule has 124 valence electrons. The van der Waals surface area contributed by atoms with Crippen LogP contribution in [0.5, 0.6) is 5.75 Å². The molecule has 0 saturated carbocycles. The van der Waals surface area contributed by atoms with E-state index >= 15 is 0 Å². The van der Waals surface area contributed by atoms with Gasteiger partial charge in [-0.05, 0) is 18.2 Å². The van der Waals surface area contributed by atoms with Gasteiger partial charge in [0.15, 0.2) is 0 Å². The largest absolute Gasteiger partial charge is 0.434 e. The molecule has 2 aromatic carbocycles. The highest BCUT2D eigenvalue weighted by atomic mass is 35.5. The number of halogens is 8. The zero-order valence-corrected chi connectivity index (χ0v) is 13.2. The third-order valence-corrected chi connectivity index (χ3v) is 3.96. The average molecular weight is 392 g/mol. The van der Waals surface area contributed by atoms with Crippen LogP contribution in [0.3, 0.4) is 0 Å². The van der Waals surface area contributed by atoms with E-state index in [0.717, 1.165) is 12.1 Å². The minimum absolute atomic E-state index is 0.00600. The van der Waals surface area contributed by atoms with Crippen molar-refractivity contribution in [3.05, 3.63) is 51.0 Å². The number of rotatable bonds is 3. The molecule has 0 N–H and O–H groups in total. The van der Waals surface area contributed by atoms with Crippen LogP contribution in [0, 0.1) is 0 Å². The molecule has 0 bridgehead atoms. The molecule has 23 heavy (non-hydrogen) atoms. The van der Waals surface area contributed by atoms with Gasteiger partial charge in [0.2, 0.25) is 0 Å². The Morgan fingerprint density at radius 2 is 1.52 bits per heavy atom. The average Bonchev–Trinajstić information content (AvgIpc) is 2.43. The summed E-state index contributed by atoms with van der Waals surface area (Å²) < 4.78 is 68.4. The van der Waals surface area contributed by atoms with Crippen LogP contribution in [0.4, 0.5) is 22.0 Å². The lowest BCUT2D eigenvalue weighted by atomic mass is 10.0. The van der Waals surface area contributed by atoms with E-state index in [9.17, 15) is 22.0 Å². The van der Waals surface area contributed by atoms with Crippen LogP contribution in [0.25, 0.3) is 11.1 Å². The monoisotopic (exact) mass is 390 g/mol. The first-order chi connectivity index (χ1) is 10.6. The van der Waals surface area contributed by atoms with Gasteiger partial charge in [0.25, 0.3) is 0 Å². The second-order valence-corrected chi connectivity index (χ2v) is 5.47. The fraction of sp³-hybridized carbons (Fsp3) is 0.143. The molecule has 0 aliphatic heterocycles. The lowest BCUT2D eigenvalue weighted by Crippen LogP contribution is -2.12. The van der Waals surface area contributed by atoms with E-state index in [1.54, 1.807) is 0 Å². The van der Waals surface area contributed by atoms with Gasteiger partial charge >= 0.3 is 12.8 Å². The van der Waals surface area contributed by atoms with E-state index in [-0.39, 0.29) is 26.2 Å². The molecule has 0 saturated heterocycles. The van der Waals surface area contributed by atoms with Crippen molar-refractivity contribution in [2.45, 2.75) is 12.8 Å². The summed E-state index contributed by atoms with van der Waals surface area (Å²) in [6.45, 7) is -3.46. The smallest absolute Gasteiger partial charge is 0.419 e. The maximum absolute atomic E-state index is 13.1. The van der Waals surface area contributed by atoms with E-state index < -0.39 is 24.1 Å². The second kappa shape index (κ2) is 6.71. The molecule has 0 amide bonds. The number of ether oxygens (including phenoxy) is 1. The Kier molecular flexibility index (Phi) is 5.28. The Morgan fingerprint density at radius 1 is 0.913 bits per heavy atom. The molecule has 0 aromatic heterocycles. The molecule has 1 nitrogen and oxygen atoms in total. The highest BCUT2D eigenvalue weighted by Gasteiger charge is 2.37. The molecule has 0 radical (unpaired) electrons. The normalized spacial score (nSPS) is 11.9. The molecule has 0 unspecified atom stereocenters. The van der Waals surface area contributed by atoms with Crippen molar-refractivity contribution in [2.24, 2.45) is 0 Å². The Balaban J connectivity index is 2.80. The standard InChI is InChI=1S/C14H6Cl3F5O/c15-8-4-5-9(16)11(17)10(8)6-2-1-3-7(14(20,21)22)12(6)23-13(18)19/h1-5,13H. The first-order valence-electron chi connectivity index (χ1n) is 5.91. The maximum atomic E-state index is 13.1. The SMILES string of the molecule is FC(F)Oc1c(-c2c(Cl)ccc(Cl)c2Cl)cccc1C(F)(F)F. The molecule has 9 heteroatoms. The summed E-state index contributed by atoms with van der Waals surface area (Å²) in [5, 5.41) is -0.220. The van der Waals surface area contributed by atoms with E-state index in [1.165, 1.54) is 12.1 Å². The number of para-hydroxylation sites is 1. The van der Waals surface area contributed by atoms with Gasteiger partial charge in [-0.2, -0.15) is 22.0 Å². The molecular weight excluding hydrogens is 386 g/mol. The van der Waals surface area contributed by atoms with Crippen LogP contribution in [0.1, 0.15) is 5.56 Å². The Labute approximate surface area is 142 Å². The number of alkyl halides is 5. The van der Waals surface area contributed by atoms with Crippen LogP contribution in [-0.2, 0) is 6.18 Å². The quantitative estimate of drug-likeness (QED) is 0.407. The van der Waals surface area contributed by atoms with Gasteiger partial charge in [-0.25, -0.2) is 0 Å². The maximum Gasteiger partial charge on any atom is 0.419 e. The summed E-state index contributed by atoms with van der Waals surface area (Å²) in [4.78, 5) is 0. The molecule has 0 heterocycles. The van der Waals surface area contributed by atoms with Crippen LogP contribution >= 0.6 is 34.8 Å². The number of hydrogen-bond donors (Lipinski definition) is 0. The van der Waals surface area contributed by atoms with E-state index in [2.05, 4.69) is 4.74 Å².